The van der Waals surface area contributed by atoms with Crippen molar-refractivity contribution in [1.82, 2.24) is 20.1 Å². The number of ether oxygens (including phenoxy) is 1. The lowest BCUT2D eigenvalue weighted by Gasteiger charge is -2.43. The maximum Gasteiger partial charge on any atom is 0.227 e. The first kappa shape index (κ1) is 26.5. The molecule has 0 radical (unpaired) electrons. The van der Waals surface area contributed by atoms with Gasteiger partial charge >= 0.3 is 0 Å². The van der Waals surface area contributed by atoms with Gasteiger partial charge in [-0.1, -0.05) is 30.5 Å². The zero-order chi connectivity index (χ0) is 26.6. The average molecular weight is 539 g/mol. The molecule has 9 heteroatoms. The van der Waals surface area contributed by atoms with Crippen molar-refractivity contribution in [3.63, 3.8) is 0 Å². The second-order valence-electron chi connectivity index (χ2n) is 10.4. The molecule has 0 spiro atoms. The van der Waals surface area contributed by atoms with Crippen molar-refractivity contribution in [3.8, 4) is 5.75 Å². The minimum Gasteiger partial charge on any atom is -0.487 e. The van der Waals surface area contributed by atoms with Gasteiger partial charge in [0.25, 0.3) is 0 Å². The molecule has 38 heavy (non-hydrogen) atoms. The van der Waals surface area contributed by atoms with Gasteiger partial charge in [-0.05, 0) is 55.5 Å². The van der Waals surface area contributed by atoms with Crippen molar-refractivity contribution in [3.05, 3.63) is 58.4 Å². The number of carbonyl (C=O) groups excluding carboxylic acids is 3. The summed E-state index contributed by atoms with van der Waals surface area (Å²) in [5, 5.41) is 3.39. The Hall–Kier alpha value is -3.13. The molecule has 202 valence electrons. The molecular weight excluding hydrogens is 504 g/mol. The Kier molecular flexibility index (Phi) is 8.17. The second kappa shape index (κ2) is 11.7. The number of amides is 3. The van der Waals surface area contributed by atoms with Crippen LogP contribution in [0.3, 0.4) is 0 Å². The largest absolute Gasteiger partial charge is 0.487 e. The summed E-state index contributed by atoms with van der Waals surface area (Å²) in [6.45, 7) is 1.81. The summed E-state index contributed by atoms with van der Waals surface area (Å²) in [6, 6.07) is 8.96. The van der Waals surface area contributed by atoms with Crippen LogP contribution in [-0.4, -0.2) is 59.2 Å². The number of carbonyl (C=O) groups is 3. The fraction of sp³-hybridized carbons (Fsp3) is 0.517. The van der Waals surface area contributed by atoms with Crippen LogP contribution in [0.25, 0.3) is 0 Å². The van der Waals surface area contributed by atoms with E-state index in [0.717, 1.165) is 36.1 Å². The fourth-order valence-corrected chi connectivity index (χ4v) is 6.50. The highest BCUT2D eigenvalue weighted by Gasteiger charge is 2.43. The lowest BCUT2D eigenvalue weighted by Crippen LogP contribution is -2.50. The molecule has 8 nitrogen and oxygen atoms in total. The minimum atomic E-state index is -0.405. The highest BCUT2D eigenvalue weighted by Crippen LogP contribution is 2.43. The van der Waals surface area contributed by atoms with Gasteiger partial charge in [0.1, 0.15) is 12.4 Å². The van der Waals surface area contributed by atoms with Crippen LogP contribution < -0.4 is 10.1 Å². The maximum atomic E-state index is 14.2. The van der Waals surface area contributed by atoms with E-state index in [4.69, 9.17) is 16.3 Å². The van der Waals surface area contributed by atoms with Crippen molar-refractivity contribution >= 4 is 29.3 Å². The summed E-state index contributed by atoms with van der Waals surface area (Å²) in [5.74, 6) is -0.0560. The van der Waals surface area contributed by atoms with Crippen LogP contribution >= 0.6 is 11.6 Å². The lowest BCUT2D eigenvalue weighted by molar-refractivity contribution is -0.147. The molecule has 1 saturated heterocycles. The van der Waals surface area contributed by atoms with E-state index in [2.05, 4.69) is 10.3 Å². The van der Waals surface area contributed by atoms with E-state index in [9.17, 15) is 14.4 Å². The standard InChI is InChI=1S/C29H35ClN4O4/c1-31-28(36)20-8-2-3-9-21(20)29(37)34-16-13-22-23(30)11-12-25(38-18-19-7-4-5-14-32-19)27(22)24(34)17-33-15-6-10-26(33)35/h4-5,7,11-12,14,20-21,24H,2-3,6,8-10,13,15-18H2,1H3,(H,31,36)/t20-,21+,24+/m0/s1. The Labute approximate surface area is 228 Å². The smallest absolute Gasteiger partial charge is 0.227 e. The zero-order valence-corrected chi connectivity index (χ0v) is 22.6. The Morgan fingerprint density at radius 2 is 1.89 bits per heavy atom. The van der Waals surface area contributed by atoms with Gasteiger partial charge in [0.15, 0.2) is 0 Å². The van der Waals surface area contributed by atoms with Crippen LogP contribution in [0.15, 0.2) is 36.5 Å². The number of likely N-dealkylation sites (tertiary alicyclic amines) is 1. The van der Waals surface area contributed by atoms with Gasteiger partial charge in [0, 0.05) is 61.7 Å². The molecule has 1 aromatic heterocycles. The third-order valence-electron chi connectivity index (χ3n) is 8.19. The normalized spacial score (nSPS) is 23.2. The highest BCUT2D eigenvalue weighted by atomic mass is 35.5. The second-order valence-corrected chi connectivity index (χ2v) is 10.8. The van der Waals surface area contributed by atoms with Crippen molar-refractivity contribution in [1.29, 1.82) is 0 Å². The summed E-state index contributed by atoms with van der Waals surface area (Å²) in [7, 11) is 1.63. The first-order valence-electron chi connectivity index (χ1n) is 13.6. The number of nitrogens with zero attached hydrogens (tertiary/aromatic N) is 3. The van der Waals surface area contributed by atoms with E-state index in [-0.39, 0.29) is 36.2 Å². The number of rotatable bonds is 7. The van der Waals surface area contributed by atoms with E-state index >= 15 is 0 Å². The van der Waals surface area contributed by atoms with Gasteiger partial charge in [0.2, 0.25) is 17.7 Å². The molecule has 0 bridgehead atoms. The first-order chi connectivity index (χ1) is 18.5. The molecule has 2 aromatic rings. The van der Waals surface area contributed by atoms with Crippen LogP contribution in [0, 0.1) is 11.8 Å². The van der Waals surface area contributed by atoms with Gasteiger partial charge in [-0.25, -0.2) is 0 Å². The van der Waals surface area contributed by atoms with Gasteiger partial charge in [-0.3, -0.25) is 19.4 Å². The molecule has 2 fully saturated rings. The Bertz CT molecular complexity index is 1190. The summed E-state index contributed by atoms with van der Waals surface area (Å²) in [5.41, 5.74) is 2.61. The quantitative estimate of drug-likeness (QED) is 0.577. The Morgan fingerprint density at radius 3 is 2.61 bits per heavy atom. The topological polar surface area (TPSA) is 91.8 Å². The Balaban J connectivity index is 1.51. The number of halogens is 1. The molecule has 0 unspecified atom stereocenters. The van der Waals surface area contributed by atoms with Crippen molar-refractivity contribution in [2.24, 2.45) is 11.8 Å². The van der Waals surface area contributed by atoms with E-state index in [0.29, 0.717) is 56.1 Å². The van der Waals surface area contributed by atoms with E-state index in [1.807, 2.05) is 40.1 Å². The van der Waals surface area contributed by atoms with E-state index in [1.165, 1.54) is 0 Å². The van der Waals surface area contributed by atoms with Crippen LogP contribution in [0.5, 0.6) is 5.75 Å². The van der Waals surface area contributed by atoms with Crippen LogP contribution in [0.2, 0.25) is 5.02 Å². The average Bonchev–Trinajstić information content (AvgIpc) is 3.36. The third-order valence-corrected chi connectivity index (χ3v) is 8.54. The molecule has 3 atom stereocenters. The van der Waals surface area contributed by atoms with Crippen molar-refractivity contribution < 1.29 is 19.1 Å². The van der Waals surface area contributed by atoms with Gasteiger partial charge in [-0.15, -0.1) is 0 Å². The molecule has 5 rings (SSSR count). The van der Waals surface area contributed by atoms with Crippen LogP contribution in [-0.2, 0) is 27.4 Å². The molecule has 1 aliphatic carbocycles. The lowest BCUT2D eigenvalue weighted by atomic mass is 9.77. The Morgan fingerprint density at radius 1 is 1.08 bits per heavy atom. The number of fused-ring (bicyclic) bond motifs is 1. The molecule has 1 saturated carbocycles. The highest BCUT2D eigenvalue weighted by molar-refractivity contribution is 6.31. The molecule has 1 N–H and O–H groups in total. The summed E-state index contributed by atoms with van der Waals surface area (Å²) >= 11 is 6.70. The predicted molar refractivity (Wildman–Crippen MR) is 144 cm³/mol. The summed E-state index contributed by atoms with van der Waals surface area (Å²) in [4.78, 5) is 47.7. The number of hydrogen-bond donors (Lipinski definition) is 1. The maximum absolute atomic E-state index is 14.2. The van der Waals surface area contributed by atoms with Crippen molar-refractivity contribution in [2.45, 2.75) is 57.6 Å². The molecule has 3 amide bonds. The monoisotopic (exact) mass is 538 g/mol. The fourth-order valence-electron chi connectivity index (χ4n) is 6.24. The number of pyridine rings is 1. The zero-order valence-electron chi connectivity index (χ0n) is 21.8. The molecule has 1 aromatic carbocycles. The number of benzene rings is 1. The number of nitrogens with one attached hydrogen (secondary N) is 1. The SMILES string of the molecule is CNC(=O)[C@H]1CCCC[C@H]1C(=O)N1CCc2c(Cl)ccc(OCc3ccccn3)c2[C@H]1CN1CCCC1=O. The molecular formula is C29H35ClN4O4. The number of hydrogen-bond acceptors (Lipinski definition) is 5. The minimum absolute atomic E-state index is 0.0174. The third kappa shape index (κ3) is 5.37. The van der Waals surface area contributed by atoms with E-state index in [1.54, 1.807) is 13.2 Å². The number of aromatic nitrogens is 1. The predicted octanol–water partition coefficient (Wildman–Crippen LogP) is 3.91. The van der Waals surface area contributed by atoms with Gasteiger partial charge < -0.3 is 19.9 Å². The van der Waals surface area contributed by atoms with Crippen molar-refractivity contribution in [2.75, 3.05) is 26.7 Å². The van der Waals surface area contributed by atoms with Gasteiger partial charge in [0.05, 0.1) is 11.7 Å². The summed E-state index contributed by atoms with van der Waals surface area (Å²) < 4.78 is 6.29. The van der Waals surface area contributed by atoms with Crippen LogP contribution in [0.1, 0.15) is 61.4 Å². The summed E-state index contributed by atoms with van der Waals surface area (Å²) in [6.07, 6.45) is 6.91. The van der Waals surface area contributed by atoms with E-state index < -0.39 is 6.04 Å². The van der Waals surface area contributed by atoms with Crippen LogP contribution in [0.4, 0.5) is 0 Å². The molecule has 3 aliphatic rings. The molecule has 2 aliphatic heterocycles. The van der Waals surface area contributed by atoms with Gasteiger partial charge in [-0.2, -0.15) is 0 Å². The first-order valence-corrected chi connectivity index (χ1v) is 14.0. The molecule has 3 heterocycles.